The van der Waals surface area contributed by atoms with Crippen LogP contribution in [0.1, 0.15) is 30.3 Å². The number of nitrogen functional groups attached to an aromatic ring is 1. The molecule has 0 saturated heterocycles. The van der Waals surface area contributed by atoms with E-state index in [9.17, 15) is 0 Å². The third-order valence-electron chi connectivity index (χ3n) is 3.87. The van der Waals surface area contributed by atoms with Crippen LogP contribution in [0.15, 0.2) is 34.8 Å². The first kappa shape index (κ1) is 15.5. The molecule has 6 nitrogen and oxygen atoms in total. The van der Waals surface area contributed by atoms with Gasteiger partial charge in [0.1, 0.15) is 10.8 Å². The number of nitrogens with two attached hydrogens (primary N) is 1. The lowest BCUT2D eigenvalue weighted by Crippen LogP contribution is -2.13. The van der Waals surface area contributed by atoms with Crippen LogP contribution in [0.4, 0.5) is 0 Å². The molecule has 3 aromatic rings. The van der Waals surface area contributed by atoms with Gasteiger partial charge in [0.2, 0.25) is 5.16 Å². The molecule has 1 saturated carbocycles. The van der Waals surface area contributed by atoms with E-state index in [4.69, 9.17) is 15.6 Å². The van der Waals surface area contributed by atoms with Gasteiger partial charge in [0.15, 0.2) is 5.82 Å². The quantitative estimate of drug-likeness (QED) is 0.537. The second-order valence-electron chi connectivity index (χ2n) is 5.62. The standard InChI is InChI=1S/C16H17N5OS2/c1-22-13-5-3-2-4-12(13)15-18-11(8-23-15)9-24-16-20-19-14(21(16)17)10-6-7-10/h2-5,8,10H,6-7,9,17H2,1H3. The lowest BCUT2D eigenvalue weighted by atomic mass is 10.2. The van der Waals surface area contributed by atoms with Gasteiger partial charge in [-0.15, -0.1) is 21.5 Å². The zero-order valence-corrected chi connectivity index (χ0v) is 14.8. The van der Waals surface area contributed by atoms with Crippen LogP contribution >= 0.6 is 23.1 Å². The normalized spacial score (nSPS) is 14.0. The summed E-state index contributed by atoms with van der Waals surface area (Å²) in [5.74, 6) is 9.02. The van der Waals surface area contributed by atoms with E-state index >= 15 is 0 Å². The minimum Gasteiger partial charge on any atom is -0.496 e. The van der Waals surface area contributed by atoms with Crippen molar-refractivity contribution in [3.63, 3.8) is 0 Å². The number of rotatable bonds is 6. The fourth-order valence-corrected chi connectivity index (χ4v) is 4.17. The van der Waals surface area contributed by atoms with Crippen LogP contribution in [0.3, 0.4) is 0 Å². The van der Waals surface area contributed by atoms with Crippen molar-refractivity contribution in [3.8, 4) is 16.3 Å². The van der Waals surface area contributed by atoms with Crippen molar-refractivity contribution in [1.82, 2.24) is 19.9 Å². The first-order chi connectivity index (χ1) is 11.8. The van der Waals surface area contributed by atoms with Gasteiger partial charge in [-0.2, -0.15) is 0 Å². The Morgan fingerprint density at radius 1 is 1.33 bits per heavy atom. The largest absolute Gasteiger partial charge is 0.496 e. The highest BCUT2D eigenvalue weighted by molar-refractivity contribution is 7.98. The topological polar surface area (TPSA) is 78.9 Å². The summed E-state index contributed by atoms with van der Waals surface area (Å²) in [7, 11) is 1.68. The predicted molar refractivity (Wildman–Crippen MR) is 95.8 cm³/mol. The fraction of sp³-hybridized carbons (Fsp3) is 0.312. The molecule has 0 atom stereocenters. The Hall–Kier alpha value is -2.06. The SMILES string of the molecule is COc1ccccc1-c1nc(CSc2nnc(C3CC3)n2N)cs1. The number of hydrogen-bond donors (Lipinski definition) is 1. The van der Waals surface area contributed by atoms with Crippen LogP contribution < -0.4 is 10.6 Å². The molecule has 2 N–H and O–H groups in total. The van der Waals surface area contributed by atoms with Crippen molar-refractivity contribution in [2.75, 3.05) is 13.0 Å². The number of methoxy groups -OCH3 is 1. The van der Waals surface area contributed by atoms with Gasteiger partial charge in [-0.1, -0.05) is 23.9 Å². The number of hydrogen-bond acceptors (Lipinski definition) is 7. The van der Waals surface area contributed by atoms with Crippen molar-refractivity contribution in [1.29, 1.82) is 0 Å². The number of nitrogens with zero attached hydrogens (tertiary/aromatic N) is 4. The Balaban J connectivity index is 1.47. The van der Waals surface area contributed by atoms with E-state index in [1.165, 1.54) is 0 Å². The summed E-state index contributed by atoms with van der Waals surface area (Å²) in [5.41, 5.74) is 2.01. The highest BCUT2D eigenvalue weighted by atomic mass is 32.2. The van der Waals surface area contributed by atoms with Crippen LogP contribution in [-0.2, 0) is 5.75 Å². The Morgan fingerprint density at radius 2 is 2.17 bits per heavy atom. The zero-order chi connectivity index (χ0) is 16.5. The summed E-state index contributed by atoms with van der Waals surface area (Å²) in [5, 5.41) is 12.1. The molecule has 0 bridgehead atoms. The molecule has 2 aromatic heterocycles. The van der Waals surface area contributed by atoms with Gasteiger partial charge in [-0.3, -0.25) is 0 Å². The lowest BCUT2D eigenvalue weighted by molar-refractivity contribution is 0.416. The number of thiazole rings is 1. The van der Waals surface area contributed by atoms with Crippen LogP contribution in [-0.4, -0.2) is 27.0 Å². The number of thioether (sulfide) groups is 1. The molecule has 1 aliphatic carbocycles. The maximum Gasteiger partial charge on any atom is 0.210 e. The maximum absolute atomic E-state index is 6.08. The molecule has 1 fully saturated rings. The first-order valence-corrected chi connectivity index (χ1v) is 9.53. The number of para-hydroxylation sites is 1. The van der Waals surface area contributed by atoms with Crippen molar-refractivity contribution in [2.24, 2.45) is 0 Å². The van der Waals surface area contributed by atoms with E-state index in [2.05, 4.69) is 15.6 Å². The predicted octanol–water partition coefficient (Wildman–Crippen LogP) is 3.29. The first-order valence-electron chi connectivity index (χ1n) is 7.67. The molecule has 1 aliphatic rings. The molecular formula is C16H17N5OS2. The molecule has 0 amide bonds. The molecule has 124 valence electrons. The van der Waals surface area contributed by atoms with E-state index in [-0.39, 0.29) is 0 Å². The molecule has 0 radical (unpaired) electrons. The zero-order valence-electron chi connectivity index (χ0n) is 13.2. The average molecular weight is 359 g/mol. The van der Waals surface area contributed by atoms with Crippen molar-refractivity contribution in [3.05, 3.63) is 41.2 Å². The van der Waals surface area contributed by atoms with Gasteiger partial charge >= 0.3 is 0 Å². The molecule has 0 spiro atoms. The third-order valence-corrected chi connectivity index (χ3v) is 5.77. The Morgan fingerprint density at radius 3 is 2.96 bits per heavy atom. The molecule has 1 aromatic carbocycles. The van der Waals surface area contributed by atoms with Gasteiger partial charge in [-0.05, 0) is 25.0 Å². The highest BCUT2D eigenvalue weighted by Gasteiger charge is 2.29. The highest BCUT2D eigenvalue weighted by Crippen LogP contribution is 2.39. The van der Waals surface area contributed by atoms with E-state index < -0.39 is 0 Å². The summed E-state index contributed by atoms with van der Waals surface area (Å²) in [6, 6.07) is 7.91. The third kappa shape index (κ3) is 2.99. The summed E-state index contributed by atoms with van der Waals surface area (Å²) in [6.07, 6.45) is 2.32. The van der Waals surface area contributed by atoms with Crippen LogP contribution in [0.5, 0.6) is 5.75 Å². The second-order valence-corrected chi connectivity index (χ2v) is 7.42. The van der Waals surface area contributed by atoms with E-state index in [0.717, 1.165) is 45.8 Å². The average Bonchev–Trinajstić information content (AvgIpc) is 3.23. The fourth-order valence-electron chi connectivity index (χ4n) is 2.46. The van der Waals surface area contributed by atoms with Gasteiger partial charge in [-0.25, -0.2) is 9.66 Å². The summed E-state index contributed by atoms with van der Waals surface area (Å²) in [6.45, 7) is 0. The van der Waals surface area contributed by atoms with Gasteiger partial charge in [0, 0.05) is 17.1 Å². The molecular weight excluding hydrogens is 342 g/mol. The van der Waals surface area contributed by atoms with Crippen molar-refractivity contribution < 1.29 is 4.74 Å². The lowest BCUT2D eigenvalue weighted by Gasteiger charge is -2.04. The van der Waals surface area contributed by atoms with Crippen LogP contribution in [0.25, 0.3) is 10.6 Å². The van der Waals surface area contributed by atoms with Gasteiger partial charge in [0.05, 0.1) is 18.4 Å². The molecule has 2 heterocycles. The number of ether oxygens (including phenoxy) is 1. The molecule has 24 heavy (non-hydrogen) atoms. The summed E-state index contributed by atoms with van der Waals surface area (Å²) >= 11 is 3.17. The van der Waals surface area contributed by atoms with Gasteiger partial charge < -0.3 is 10.6 Å². The number of aromatic nitrogens is 4. The smallest absolute Gasteiger partial charge is 0.210 e. The Bertz CT molecular complexity index is 856. The van der Waals surface area contributed by atoms with E-state index in [0.29, 0.717) is 11.7 Å². The van der Waals surface area contributed by atoms with E-state index in [1.807, 2.05) is 24.3 Å². The van der Waals surface area contributed by atoms with Gasteiger partial charge in [0.25, 0.3) is 0 Å². The monoisotopic (exact) mass is 359 g/mol. The summed E-state index contributed by atoms with van der Waals surface area (Å²) < 4.78 is 7.03. The Labute approximate surface area is 148 Å². The second kappa shape index (κ2) is 6.45. The van der Waals surface area contributed by atoms with Crippen LogP contribution in [0.2, 0.25) is 0 Å². The number of benzene rings is 1. The molecule has 0 aliphatic heterocycles. The van der Waals surface area contributed by atoms with Crippen LogP contribution in [0, 0.1) is 0 Å². The maximum atomic E-state index is 6.08. The molecule has 8 heteroatoms. The van der Waals surface area contributed by atoms with E-state index in [1.54, 1.807) is 34.9 Å². The molecule has 0 unspecified atom stereocenters. The summed E-state index contributed by atoms with van der Waals surface area (Å²) in [4.78, 5) is 4.71. The molecule has 4 rings (SSSR count). The Kier molecular flexibility index (Phi) is 4.15. The minimum atomic E-state index is 0.494. The van der Waals surface area contributed by atoms with Crippen molar-refractivity contribution in [2.45, 2.75) is 29.7 Å². The van der Waals surface area contributed by atoms with Crippen molar-refractivity contribution >= 4 is 23.1 Å². The minimum absolute atomic E-state index is 0.494.